The molecule has 1 atom stereocenters. The molecule has 164 valence electrons. The van der Waals surface area contributed by atoms with Crippen LogP contribution in [0.3, 0.4) is 0 Å². The lowest BCUT2D eigenvalue weighted by Crippen LogP contribution is -2.29. The number of Topliss-reactive ketones (excluding diaryl/α,β-unsaturated/α-hetero) is 1. The standard InChI is InChI=1S/C26H25NO4S/c1-4-31-20-13-12-17(15-19(20)16(2)3)24(28)22-23(21-11-8-14-32-21)27(26(30)25(22)29)18-9-6-5-7-10-18/h5-16,23,28H,4H2,1-3H3/b24-22-. The molecule has 2 heterocycles. The maximum Gasteiger partial charge on any atom is 0.300 e. The summed E-state index contributed by atoms with van der Waals surface area (Å²) < 4.78 is 5.73. The summed E-state index contributed by atoms with van der Waals surface area (Å²) in [5.41, 5.74) is 2.13. The number of ketones is 1. The van der Waals surface area contributed by atoms with Crippen molar-refractivity contribution in [3.05, 3.63) is 87.6 Å². The minimum Gasteiger partial charge on any atom is -0.507 e. The van der Waals surface area contributed by atoms with E-state index < -0.39 is 17.7 Å². The van der Waals surface area contributed by atoms with Gasteiger partial charge in [-0.1, -0.05) is 38.1 Å². The second-order valence-corrected chi connectivity index (χ2v) is 8.84. The maximum atomic E-state index is 13.2. The summed E-state index contributed by atoms with van der Waals surface area (Å²) in [5, 5.41) is 13.2. The number of aliphatic hydroxyl groups is 1. The number of hydrogen-bond acceptors (Lipinski definition) is 5. The van der Waals surface area contributed by atoms with Crippen molar-refractivity contribution in [2.45, 2.75) is 32.7 Å². The highest BCUT2D eigenvalue weighted by Crippen LogP contribution is 2.44. The van der Waals surface area contributed by atoms with Crippen LogP contribution in [-0.2, 0) is 9.59 Å². The summed E-state index contributed by atoms with van der Waals surface area (Å²) in [6.45, 7) is 6.54. The van der Waals surface area contributed by atoms with Gasteiger partial charge < -0.3 is 9.84 Å². The Morgan fingerprint density at radius 1 is 1.09 bits per heavy atom. The van der Waals surface area contributed by atoms with Gasteiger partial charge in [0.15, 0.2) is 0 Å². The molecule has 1 fully saturated rings. The first-order valence-corrected chi connectivity index (χ1v) is 11.5. The van der Waals surface area contributed by atoms with Crippen molar-refractivity contribution in [3.63, 3.8) is 0 Å². The second-order valence-electron chi connectivity index (χ2n) is 7.86. The third kappa shape index (κ3) is 3.82. The number of hydrogen-bond donors (Lipinski definition) is 1. The van der Waals surface area contributed by atoms with Crippen LogP contribution in [0, 0.1) is 0 Å². The number of nitrogens with zero attached hydrogens (tertiary/aromatic N) is 1. The van der Waals surface area contributed by atoms with Gasteiger partial charge in [0.1, 0.15) is 17.6 Å². The molecule has 6 heteroatoms. The molecule has 5 nitrogen and oxygen atoms in total. The van der Waals surface area contributed by atoms with E-state index in [1.807, 2.05) is 62.5 Å². The van der Waals surface area contributed by atoms with Crippen molar-refractivity contribution < 1.29 is 19.4 Å². The average Bonchev–Trinajstić information content (AvgIpc) is 3.41. The Morgan fingerprint density at radius 2 is 1.84 bits per heavy atom. The number of aliphatic hydroxyl groups excluding tert-OH is 1. The Bertz CT molecular complexity index is 1170. The molecule has 0 radical (unpaired) electrons. The quantitative estimate of drug-likeness (QED) is 0.290. The third-order valence-electron chi connectivity index (χ3n) is 5.50. The van der Waals surface area contributed by atoms with E-state index in [0.717, 1.165) is 16.2 Å². The predicted molar refractivity (Wildman–Crippen MR) is 127 cm³/mol. The molecule has 1 N–H and O–H groups in total. The first-order chi connectivity index (χ1) is 15.4. The van der Waals surface area contributed by atoms with E-state index in [1.54, 1.807) is 24.3 Å². The molecule has 3 aromatic rings. The van der Waals surface area contributed by atoms with E-state index in [4.69, 9.17) is 4.74 Å². The van der Waals surface area contributed by atoms with Crippen LogP contribution in [0.4, 0.5) is 5.69 Å². The highest BCUT2D eigenvalue weighted by Gasteiger charge is 2.47. The van der Waals surface area contributed by atoms with Gasteiger partial charge in [-0.25, -0.2) is 0 Å². The lowest BCUT2D eigenvalue weighted by Gasteiger charge is -2.24. The first kappa shape index (κ1) is 21.8. The van der Waals surface area contributed by atoms with Crippen molar-refractivity contribution in [2.24, 2.45) is 0 Å². The monoisotopic (exact) mass is 447 g/mol. The molecule has 32 heavy (non-hydrogen) atoms. The van der Waals surface area contributed by atoms with E-state index in [1.165, 1.54) is 16.2 Å². The van der Waals surface area contributed by atoms with Gasteiger partial charge in [-0.2, -0.15) is 0 Å². The van der Waals surface area contributed by atoms with Gasteiger partial charge in [0.2, 0.25) is 0 Å². The summed E-state index contributed by atoms with van der Waals surface area (Å²) >= 11 is 1.44. The Kier molecular flexibility index (Phi) is 6.15. The molecular weight excluding hydrogens is 422 g/mol. The topological polar surface area (TPSA) is 66.8 Å². The number of ether oxygens (including phenoxy) is 1. The number of anilines is 1. The van der Waals surface area contributed by atoms with Crippen molar-refractivity contribution in [1.29, 1.82) is 0 Å². The van der Waals surface area contributed by atoms with Crippen molar-refractivity contribution in [1.82, 2.24) is 0 Å². The van der Waals surface area contributed by atoms with E-state index in [9.17, 15) is 14.7 Å². The van der Waals surface area contributed by atoms with Crippen LogP contribution in [0.15, 0.2) is 71.6 Å². The molecule has 1 unspecified atom stereocenters. The molecule has 0 aliphatic carbocycles. The molecule has 1 aliphatic rings. The normalized spacial score (nSPS) is 17.9. The molecule has 0 saturated carbocycles. The highest BCUT2D eigenvalue weighted by molar-refractivity contribution is 7.10. The van der Waals surface area contributed by atoms with Crippen LogP contribution < -0.4 is 9.64 Å². The number of rotatable bonds is 6. The lowest BCUT2D eigenvalue weighted by atomic mass is 9.95. The Morgan fingerprint density at radius 3 is 2.47 bits per heavy atom. The van der Waals surface area contributed by atoms with Gasteiger partial charge in [0, 0.05) is 16.1 Å². The fourth-order valence-corrected chi connectivity index (χ4v) is 4.82. The van der Waals surface area contributed by atoms with Crippen LogP contribution in [0.5, 0.6) is 5.75 Å². The fourth-order valence-electron chi connectivity index (χ4n) is 3.99. The summed E-state index contributed by atoms with van der Waals surface area (Å²) in [7, 11) is 0. The zero-order valence-electron chi connectivity index (χ0n) is 18.2. The van der Waals surface area contributed by atoms with Crippen LogP contribution in [0.25, 0.3) is 5.76 Å². The van der Waals surface area contributed by atoms with E-state index in [0.29, 0.717) is 17.9 Å². The number of benzene rings is 2. The molecule has 1 saturated heterocycles. The fraction of sp³-hybridized carbons (Fsp3) is 0.231. The van der Waals surface area contributed by atoms with Gasteiger partial charge >= 0.3 is 0 Å². The average molecular weight is 448 g/mol. The zero-order chi connectivity index (χ0) is 22.8. The zero-order valence-corrected chi connectivity index (χ0v) is 19.1. The smallest absolute Gasteiger partial charge is 0.300 e. The first-order valence-electron chi connectivity index (χ1n) is 10.6. The van der Waals surface area contributed by atoms with Gasteiger partial charge in [0.05, 0.1) is 12.2 Å². The van der Waals surface area contributed by atoms with Crippen LogP contribution in [-0.4, -0.2) is 23.4 Å². The second kappa shape index (κ2) is 9.01. The SMILES string of the molecule is CCOc1ccc(/C(O)=C2/C(=O)C(=O)N(c3ccccc3)C2c2cccs2)cc1C(C)C. The van der Waals surface area contributed by atoms with E-state index in [-0.39, 0.29) is 17.3 Å². The molecule has 1 aliphatic heterocycles. The molecule has 4 rings (SSSR count). The van der Waals surface area contributed by atoms with Crippen LogP contribution in [0.1, 0.15) is 48.7 Å². The third-order valence-corrected chi connectivity index (χ3v) is 6.42. The van der Waals surface area contributed by atoms with Gasteiger partial charge in [-0.15, -0.1) is 11.3 Å². The van der Waals surface area contributed by atoms with Gasteiger partial charge in [0.25, 0.3) is 11.7 Å². The number of carbonyl (C=O) groups excluding carboxylic acids is 2. The van der Waals surface area contributed by atoms with Crippen molar-refractivity contribution >= 4 is 34.5 Å². The van der Waals surface area contributed by atoms with E-state index >= 15 is 0 Å². The number of carbonyl (C=O) groups is 2. The van der Waals surface area contributed by atoms with Crippen LogP contribution >= 0.6 is 11.3 Å². The molecular formula is C26H25NO4S. The number of para-hydroxylation sites is 1. The predicted octanol–water partition coefficient (Wildman–Crippen LogP) is 5.90. The van der Waals surface area contributed by atoms with Crippen molar-refractivity contribution in [3.8, 4) is 5.75 Å². The molecule has 0 spiro atoms. The largest absolute Gasteiger partial charge is 0.507 e. The summed E-state index contributed by atoms with van der Waals surface area (Å²) in [4.78, 5) is 28.5. The van der Waals surface area contributed by atoms with Gasteiger partial charge in [-0.3, -0.25) is 14.5 Å². The maximum absolute atomic E-state index is 13.2. The lowest BCUT2D eigenvalue weighted by molar-refractivity contribution is -0.132. The summed E-state index contributed by atoms with van der Waals surface area (Å²) in [6.07, 6.45) is 0. The summed E-state index contributed by atoms with van der Waals surface area (Å²) in [5.74, 6) is -0.608. The van der Waals surface area contributed by atoms with Gasteiger partial charge in [-0.05, 0) is 60.2 Å². The summed E-state index contributed by atoms with van der Waals surface area (Å²) in [6, 6.07) is 17.5. The minimum atomic E-state index is -0.690. The highest BCUT2D eigenvalue weighted by atomic mass is 32.1. The Hall–Kier alpha value is -3.38. The molecule has 0 bridgehead atoms. The minimum absolute atomic E-state index is 0.0974. The molecule has 1 amide bonds. The number of thiophene rings is 1. The Balaban J connectivity index is 1.89. The molecule has 1 aromatic heterocycles. The van der Waals surface area contributed by atoms with Crippen LogP contribution in [0.2, 0.25) is 0 Å². The Labute approximate surface area is 191 Å². The molecule has 2 aromatic carbocycles. The van der Waals surface area contributed by atoms with E-state index in [2.05, 4.69) is 0 Å². The van der Waals surface area contributed by atoms with Crippen molar-refractivity contribution in [2.75, 3.05) is 11.5 Å². The number of amides is 1.